The predicted molar refractivity (Wildman–Crippen MR) is 64.3 cm³/mol. The molecular formula is C10H16N4O2. The van der Waals surface area contributed by atoms with Gasteiger partial charge in [0.15, 0.2) is 0 Å². The molecule has 0 spiro atoms. The molecule has 0 aliphatic carbocycles. The Kier molecular flexibility index (Phi) is 4.53. The van der Waals surface area contributed by atoms with Crippen LogP contribution in [0, 0.1) is 10.1 Å². The van der Waals surface area contributed by atoms with Gasteiger partial charge < -0.3 is 16.8 Å². The zero-order chi connectivity index (χ0) is 12.0. The summed E-state index contributed by atoms with van der Waals surface area (Å²) in [4.78, 5) is 10.0. The number of rotatable bonds is 6. The Balaban J connectivity index is 2.56. The minimum absolute atomic E-state index is 0.0625. The number of hydrogen-bond donors (Lipinski definition) is 3. The quantitative estimate of drug-likeness (QED) is 0.292. The largest absolute Gasteiger partial charge is 0.393 e. The maximum absolute atomic E-state index is 10.5. The maximum atomic E-state index is 10.5. The Morgan fingerprint density at radius 1 is 1.38 bits per heavy atom. The molecule has 0 radical (unpaired) electrons. The van der Waals surface area contributed by atoms with Crippen LogP contribution < -0.4 is 16.8 Å². The standard InChI is InChI=1S/C10H16N4O2/c11-5-1-2-6-13-8-3-4-10(14(15)16)9(12)7-8/h3-4,7,13H,1-2,5-6,11-12H2. The average molecular weight is 224 g/mol. The Morgan fingerprint density at radius 3 is 2.69 bits per heavy atom. The summed E-state index contributed by atoms with van der Waals surface area (Å²) in [6.45, 7) is 1.46. The van der Waals surface area contributed by atoms with Crippen molar-refractivity contribution in [1.29, 1.82) is 0 Å². The van der Waals surface area contributed by atoms with Gasteiger partial charge in [0.2, 0.25) is 0 Å². The Labute approximate surface area is 93.8 Å². The fourth-order valence-electron chi connectivity index (χ4n) is 1.33. The van der Waals surface area contributed by atoms with Crippen molar-refractivity contribution in [2.75, 3.05) is 24.1 Å². The molecule has 0 fully saturated rings. The molecule has 1 rings (SSSR count). The minimum atomic E-state index is -0.493. The third-order valence-electron chi connectivity index (χ3n) is 2.18. The number of nitrogens with two attached hydrogens (primary N) is 2. The molecule has 16 heavy (non-hydrogen) atoms. The van der Waals surface area contributed by atoms with Gasteiger partial charge in [-0.1, -0.05) is 0 Å². The Morgan fingerprint density at radius 2 is 2.12 bits per heavy atom. The zero-order valence-corrected chi connectivity index (χ0v) is 8.98. The van der Waals surface area contributed by atoms with Gasteiger partial charge in [0.25, 0.3) is 5.69 Å². The van der Waals surface area contributed by atoms with Crippen molar-refractivity contribution < 1.29 is 4.92 Å². The normalized spacial score (nSPS) is 10.1. The fourth-order valence-corrected chi connectivity index (χ4v) is 1.33. The van der Waals surface area contributed by atoms with Gasteiger partial charge in [0, 0.05) is 18.3 Å². The first-order valence-electron chi connectivity index (χ1n) is 5.13. The number of nitro benzene ring substituents is 1. The summed E-state index contributed by atoms with van der Waals surface area (Å²) >= 11 is 0. The first kappa shape index (κ1) is 12.3. The molecule has 6 heteroatoms. The van der Waals surface area contributed by atoms with Crippen LogP contribution in [0.5, 0.6) is 0 Å². The molecule has 6 nitrogen and oxygen atoms in total. The van der Waals surface area contributed by atoms with Gasteiger partial charge in [-0.15, -0.1) is 0 Å². The van der Waals surface area contributed by atoms with E-state index in [1.807, 2.05) is 0 Å². The van der Waals surface area contributed by atoms with E-state index in [1.54, 1.807) is 12.1 Å². The van der Waals surface area contributed by atoms with Crippen molar-refractivity contribution in [2.24, 2.45) is 5.73 Å². The van der Waals surface area contributed by atoms with Gasteiger partial charge in [-0.25, -0.2) is 0 Å². The molecule has 0 aromatic heterocycles. The molecule has 0 saturated carbocycles. The van der Waals surface area contributed by atoms with E-state index in [0.29, 0.717) is 6.54 Å². The van der Waals surface area contributed by atoms with Gasteiger partial charge in [0.05, 0.1) is 4.92 Å². The van der Waals surface area contributed by atoms with Gasteiger partial charge in [-0.05, 0) is 31.5 Å². The number of nitrogens with one attached hydrogen (secondary N) is 1. The van der Waals surface area contributed by atoms with Gasteiger partial charge >= 0.3 is 0 Å². The van der Waals surface area contributed by atoms with Crippen molar-refractivity contribution in [3.8, 4) is 0 Å². The molecular weight excluding hydrogens is 208 g/mol. The molecule has 0 atom stereocenters. The summed E-state index contributed by atoms with van der Waals surface area (Å²) in [5.41, 5.74) is 11.8. The highest BCUT2D eigenvalue weighted by atomic mass is 16.6. The third kappa shape index (κ3) is 3.39. The van der Waals surface area contributed by atoms with E-state index < -0.39 is 4.92 Å². The number of nitrogen functional groups attached to an aromatic ring is 1. The summed E-state index contributed by atoms with van der Waals surface area (Å²) in [7, 11) is 0. The number of unbranched alkanes of at least 4 members (excludes halogenated alkanes) is 1. The van der Waals surface area contributed by atoms with Crippen LogP contribution in [0.2, 0.25) is 0 Å². The molecule has 0 aliphatic heterocycles. The lowest BCUT2D eigenvalue weighted by Gasteiger charge is -2.06. The number of benzene rings is 1. The van der Waals surface area contributed by atoms with Crippen LogP contribution in [-0.2, 0) is 0 Å². The van der Waals surface area contributed by atoms with Gasteiger partial charge in [-0.3, -0.25) is 10.1 Å². The van der Waals surface area contributed by atoms with Crippen LogP contribution in [0.25, 0.3) is 0 Å². The van der Waals surface area contributed by atoms with Crippen molar-refractivity contribution >= 4 is 17.1 Å². The molecule has 88 valence electrons. The van der Waals surface area contributed by atoms with Crippen molar-refractivity contribution in [2.45, 2.75) is 12.8 Å². The second-order valence-electron chi connectivity index (χ2n) is 3.45. The van der Waals surface area contributed by atoms with E-state index in [4.69, 9.17) is 11.5 Å². The first-order chi connectivity index (χ1) is 7.65. The van der Waals surface area contributed by atoms with Crippen LogP contribution in [0.4, 0.5) is 17.1 Å². The summed E-state index contributed by atoms with van der Waals surface area (Å²) in [6, 6.07) is 4.62. The van der Waals surface area contributed by atoms with Crippen molar-refractivity contribution in [3.05, 3.63) is 28.3 Å². The third-order valence-corrected chi connectivity index (χ3v) is 2.18. The topological polar surface area (TPSA) is 107 Å². The van der Waals surface area contributed by atoms with Crippen LogP contribution in [-0.4, -0.2) is 18.0 Å². The smallest absolute Gasteiger partial charge is 0.292 e. The Bertz CT molecular complexity index is 368. The van der Waals surface area contributed by atoms with Crippen molar-refractivity contribution in [1.82, 2.24) is 0 Å². The highest BCUT2D eigenvalue weighted by Gasteiger charge is 2.10. The molecule has 0 unspecified atom stereocenters. The average Bonchev–Trinajstić information content (AvgIpc) is 2.24. The maximum Gasteiger partial charge on any atom is 0.292 e. The molecule has 0 amide bonds. The lowest BCUT2D eigenvalue weighted by atomic mass is 10.2. The fraction of sp³-hybridized carbons (Fsp3) is 0.400. The highest BCUT2D eigenvalue weighted by molar-refractivity contribution is 5.65. The predicted octanol–water partition coefficient (Wildman–Crippen LogP) is 1.33. The van der Waals surface area contributed by atoms with Crippen LogP contribution >= 0.6 is 0 Å². The lowest BCUT2D eigenvalue weighted by molar-refractivity contribution is -0.383. The van der Waals surface area contributed by atoms with E-state index in [1.165, 1.54) is 6.07 Å². The monoisotopic (exact) mass is 224 g/mol. The van der Waals surface area contributed by atoms with Gasteiger partial charge in [-0.2, -0.15) is 0 Å². The van der Waals surface area contributed by atoms with E-state index in [2.05, 4.69) is 5.32 Å². The van der Waals surface area contributed by atoms with E-state index in [0.717, 1.165) is 25.1 Å². The van der Waals surface area contributed by atoms with Crippen molar-refractivity contribution in [3.63, 3.8) is 0 Å². The molecule has 0 bridgehead atoms. The molecule has 1 aromatic rings. The van der Waals surface area contributed by atoms with Crippen LogP contribution in [0.1, 0.15) is 12.8 Å². The lowest BCUT2D eigenvalue weighted by Crippen LogP contribution is -2.06. The first-order valence-corrected chi connectivity index (χ1v) is 5.13. The summed E-state index contributed by atoms with van der Waals surface area (Å²) in [6.07, 6.45) is 1.92. The van der Waals surface area contributed by atoms with Gasteiger partial charge in [0.1, 0.15) is 5.69 Å². The zero-order valence-electron chi connectivity index (χ0n) is 8.98. The number of hydrogen-bond acceptors (Lipinski definition) is 5. The molecule has 0 heterocycles. The summed E-state index contributed by atoms with van der Waals surface area (Å²) < 4.78 is 0. The van der Waals surface area contributed by atoms with Crippen LogP contribution in [0.3, 0.4) is 0 Å². The minimum Gasteiger partial charge on any atom is -0.393 e. The molecule has 0 aliphatic rings. The summed E-state index contributed by atoms with van der Waals surface area (Å²) in [5.74, 6) is 0. The molecule has 1 aromatic carbocycles. The number of anilines is 2. The number of nitrogens with zero attached hydrogens (tertiary/aromatic N) is 1. The SMILES string of the molecule is NCCCCNc1ccc([N+](=O)[O-])c(N)c1. The summed E-state index contributed by atoms with van der Waals surface area (Å²) in [5, 5.41) is 13.7. The van der Waals surface area contributed by atoms with E-state index in [9.17, 15) is 10.1 Å². The van der Waals surface area contributed by atoms with Crippen LogP contribution in [0.15, 0.2) is 18.2 Å². The van der Waals surface area contributed by atoms with E-state index in [-0.39, 0.29) is 11.4 Å². The Hall–Kier alpha value is -1.82. The second-order valence-corrected chi connectivity index (χ2v) is 3.45. The molecule has 0 saturated heterocycles. The molecule has 5 N–H and O–H groups in total. The highest BCUT2D eigenvalue weighted by Crippen LogP contribution is 2.24. The van der Waals surface area contributed by atoms with E-state index >= 15 is 0 Å². The number of nitro groups is 1. The second kappa shape index (κ2) is 5.92.